The van der Waals surface area contributed by atoms with E-state index >= 15 is 0 Å². The molecule has 1 aliphatic heterocycles. The van der Waals surface area contributed by atoms with E-state index in [0.29, 0.717) is 35.9 Å². The van der Waals surface area contributed by atoms with Gasteiger partial charge < -0.3 is 9.64 Å². The largest absolute Gasteiger partial charge is 0.494 e. The number of benzene rings is 3. The Bertz CT molecular complexity index is 1140. The third kappa shape index (κ3) is 4.02. The molecule has 5 nitrogen and oxygen atoms in total. The zero-order chi connectivity index (χ0) is 22.5. The van der Waals surface area contributed by atoms with Gasteiger partial charge in [-0.05, 0) is 43.2 Å². The van der Waals surface area contributed by atoms with Crippen molar-refractivity contribution in [3.63, 3.8) is 0 Å². The summed E-state index contributed by atoms with van der Waals surface area (Å²) in [5.74, 6) is -0.0412. The van der Waals surface area contributed by atoms with Crippen molar-refractivity contribution in [1.82, 2.24) is 0 Å². The fourth-order valence-electron chi connectivity index (χ4n) is 3.88. The van der Waals surface area contributed by atoms with Gasteiger partial charge >= 0.3 is 0 Å². The third-order valence-electron chi connectivity index (χ3n) is 5.32. The van der Waals surface area contributed by atoms with Gasteiger partial charge in [-0.25, -0.2) is 4.90 Å². The van der Waals surface area contributed by atoms with Gasteiger partial charge in [0.25, 0.3) is 11.8 Å². The standard InChI is InChI=1S/C27H26N2O3/c1-3-18-32-23-17-11-16-22(19-23)29-26(30)24(20-12-7-5-8-13-20)25(27(29)31)28(4-2)21-14-9-6-10-15-21/h5-17,19H,3-4,18H2,1-2H3. The molecule has 5 heteroatoms. The minimum Gasteiger partial charge on any atom is -0.494 e. The molecule has 0 radical (unpaired) electrons. The van der Waals surface area contributed by atoms with Crippen LogP contribution < -0.4 is 14.5 Å². The second-order valence-electron chi connectivity index (χ2n) is 7.46. The summed E-state index contributed by atoms with van der Waals surface area (Å²) in [5, 5.41) is 0. The maximum atomic E-state index is 13.8. The zero-order valence-corrected chi connectivity index (χ0v) is 18.3. The fourth-order valence-corrected chi connectivity index (χ4v) is 3.88. The number of carbonyl (C=O) groups excluding carboxylic acids is 2. The molecule has 1 aliphatic rings. The minimum absolute atomic E-state index is 0.335. The number of hydrogen-bond donors (Lipinski definition) is 0. The number of imide groups is 1. The van der Waals surface area contributed by atoms with E-state index in [0.717, 1.165) is 17.7 Å². The number of para-hydroxylation sites is 1. The summed E-state index contributed by atoms with van der Waals surface area (Å²) in [7, 11) is 0. The average molecular weight is 427 g/mol. The highest BCUT2D eigenvalue weighted by molar-refractivity contribution is 6.46. The number of nitrogens with zero attached hydrogens (tertiary/aromatic N) is 2. The maximum Gasteiger partial charge on any atom is 0.282 e. The van der Waals surface area contributed by atoms with Crippen LogP contribution in [0.3, 0.4) is 0 Å². The highest BCUT2D eigenvalue weighted by Gasteiger charge is 2.42. The summed E-state index contributed by atoms with van der Waals surface area (Å²) >= 11 is 0. The van der Waals surface area contributed by atoms with Crippen molar-refractivity contribution in [2.75, 3.05) is 23.0 Å². The van der Waals surface area contributed by atoms with Crippen LogP contribution in [0.1, 0.15) is 25.8 Å². The molecule has 162 valence electrons. The molecule has 3 aromatic rings. The molecule has 2 amide bonds. The number of hydrogen-bond acceptors (Lipinski definition) is 4. The Morgan fingerprint density at radius 3 is 2.16 bits per heavy atom. The van der Waals surface area contributed by atoms with E-state index in [2.05, 4.69) is 0 Å². The minimum atomic E-state index is -0.341. The van der Waals surface area contributed by atoms with Crippen molar-refractivity contribution in [3.8, 4) is 5.75 Å². The van der Waals surface area contributed by atoms with Crippen LogP contribution in [0.4, 0.5) is 11.4 Å². The molecule has 1 heterocycles. The summed E-state index contributed by atoms with van der Waals surface area (Å²) in [4.78, 5) is 30.6. The van der Waals surface area contributed by atoms with Gasteiger partial charge in [-0.15, -0.1) is 0 Å². The molecule has 4 rings (SSSR count). The molecule has 0 bridgehead atoms. The van der Waals surface area contributed by atoms with Crippen LogP contribution in [0.15, 0.2) is 90.6 Å². The van der Waals surface area contributed by atoms with Crippen molar-refractivity contribution in [2.45, 2.75) is 20.3 Å². The Labute approximate surface area is 188 Å². The molecule has 0 aromatic heterocycles. The van der Waals surface area contributed by atoms with E-state index in [1.54, 1.807) is 18.2 Å². The van der Waals surface area contributed by atoms with E-state index in [-0.39, 0.29) is 11.8 Å². The topological polar surface area (TPSA) is 49.9 Å². The average Bonchev–Trinajstić information content (AvgIpc) is 3.09. The number of ether oxygens (including phenoxy) is 1. The first-order valence-corrected chi connectivity index (χ1v) is 10.9. The van der Waals surface area contributed by atoms with Gasteiger partial charge in [-0.2, -0.15) is 0 Å². The van der Waals surface area contributed by atoms with Crippen molar-refractivity contribution < 1.29 is 14.3 Å². The van der Waals surface area contributed by atoms with Crippen LogP contribution in [0.5, 0.6) is 5.75 Å². The number of carbonyl (C=O) groups is 2. The van der Waals surface area contributed by atoms with E-state index in [9.17, 15) is 9.59 Å². The lowest BCUT2D eigenvalue weighted by atomic mass is 10.0. The van der Waals surface area contributed by atoms with Gasteiger partial charge in [-0.3, -0.25) is 9.59 Å². The SMILES string of the molecule is CCCOc1cccc(N2C(=O)C(c3ccccc3)=C(N(CC)c3ccccc3)C2=O)c1. The van der Waals surface area contributed by atoms with Crippen LogP contribution in [0.2, 0.25) is 0 Å². The van der Waals surface area contributed by atoms with E-state index in [4.69, 9.17) is 4.74 Å². The first-order chi connectivity index (χ1) is 15.7. The van der Waals surface area contributed by atoms with Crippen LogP contribution in [0, 0.1) is 0 Å². The van der Waals surface area contributed by atoms with Crippen molar-refractivity contribution >= 4 is 28.8 Å². The predicted octanol–water partition coefficient (Wildman–Crippen LogP) is 5.29. The quantitative estimate of drug-likeness (QED) is 0.460. The highest BCUT2D eigenvalue weighted by atomic mass is 16.5. The van der Waals surface area contributed by atoms with Gasteiger partial charge in [0.05, 0.1) is 17.9 Å². The zero-order valence-electron chi connectivity index (χ0n) is 18.3. The normalized spacial score (nSPS) is 13.6. The fraction of sp³-hybridized carbons (Fsp3) is 0.185. The van der Waals surface area contributed by atoms with Gasteiger partial charge in [0.1, 0.15) is 11.4 Å². The molecule has 32 heavy (non-hydrogen) atoms. The first kappa shape index (κ1) is 21.4. The van der Waals surface area contributed by atoms with Gasteiger partial charge in [0.2, 0.25) is 0 Å². The van der Waals surface area contributed by atoms with Gasteiger partial charge in [0, 0.05) is 18.3 Å². The summed E-state index contributed by atoms with van der Waals surface area (Å²) in [6.45, 7) is 5.12. The molecule has 0 saturated heterocycles. The highest BCUT2D eigenvalue weighted by Crippen LogP contribution is 2.37. The summed E-state index contributed by atoms with van der Waals surface area (Å²) in [6.07, 6.45) is 0.873. The molecule has 0 aliphatic carbocycles. The van der Waals surface area contributed by atoms with E-state index in [1.807, 2.05) is 85.5 Å². The number of anilines is 2. The molecule has 3 aromatic carbocycles. The predicted molar refractivity (Wildman–Crippen MR) is 128 cm³/mol. The molecular weight excluding hydrogens is 400 g/mol. The van der Waals surface area contributed by atoms with Crippen LogP contribution in [-0.2, 0) is 9.59 Å². The number of likely N-dealkylation sites (N-methyl/N-ethyl adjacent to an activating group) is 1. The molecule has 0 fully saturated rings. The van der Waals surface area contributed by atoms with Crippen LogP contribution in [-0.4, -0.2) is 25.0 Å². The third-order valence-corrected chi connectivity index (χ3v) is 5.32. The molecule has 0 spiro atoms. The smallest absolute Gasteiger partial charge is 0.282 e. The molecule has 0 N–H and O–H groups in total. The lowest BCUT2D eigenvalue weighted by Crippen LogP contribution is -2.35. The summed E-state index contributed by atoms with van der Waals surface area (Å²) < 4.78 is 5.73. The lowest BCUT2D eigenvalue weighted by molar-refractivity contribution is -0.120. The second kappa shape index (κ2) is 9.52. The number of amides is 2. The molecule has 0 saturated carbocycles. The van der Waals surface area contributed by atoms with Crippen molar-refractivity contribution in [3.05, 3.63) is 96.2 Å². The van der Waals surface area contributed by atoms with E-state index in [1.165, 1.54) is 4.90 Å². The van der Waals surface area contributed by atoms with Gasteiger partial charge in [-0.1, -0.05) is 61.5 Å². The molecule has 0 unspecified atom stereocenters. The Balaban J connectivity index is 1.83. The second-order valence-corrected chi connectivity index (χ2v) is 7.46. The lowest BCUT2D eigenvalue weighted by Gasteiger charge is -2.25. The molecular formula is C27H26N2O3. The summed E-state index contributed by atoms with van der Waals surface area (Å²) in [6, 6.07) is 26.2. The number of rotatable bonds is 8. The maximum absolute atomic E-state index is 13.8. The van der Waals surface area contributed by atoms with E-state index < -0.39 is 0 Å². The van der Waals surface area contributed by atoms with Crippen molar-refractivity contribution in [2.24, 2.45) is 0 Å². The Morgan fingerprint density at radius 2 is 1.50 bits per heavy atom. The monoisotopic (exact) mass is 426 g/mol. The summed E-state index contributed by atoms with van der Waals surface area (Å²) in [5.41, 5.74) is 2.87. The Kier molecular flexibility index (Phi) is 6.36. The van der Waals surface area contributed by atoms with Crippen molar-refractivity contribution in [1.29, 1.82) is 0 Å². The molecule has 0 atom stereocenters. The first-order valence-electron chi connectivity index (χ1n) is 10.9. The Hall–Kier alpha value is -3.86. The van der Waals surface area contributed by atoms with Crippen LogP contribution in [0.25, 0.3) is 5.57 Å². The Morgan fingerprint density at radius 1 is 0.812 bits per heavy atom. The van der Waals surface area contributed by atoms with Crippen LogP contribution >= 0.6 is 0 Å². The van der Waals surface area contributed by atoms with Gasteiger partial charge in [0.15, 0.2) is 0 Å².